The summed E-state index contributed by atoms with van der Waals surface area (Å²) < 4.78 is 22.5. The predicted molar refractivity (Wildman–Crippen MR) is 68.0 cm³/mol. The fraction of sp³-hybridized carbons (Fsp3) is 0.308. The Kier molecular flexibility index (Phi) is 4.41. The van der Waals surface area contributed by atoms with Crippen molar-refractivity contribution < 1.29 is 18.4 Å². The lowest BCUT2D eigenvalue weighted by Gasteiger charge is -2.11. The highest BCUT2D eigenvalue weighted by molar-refractivity contribution is 5.71. The summed E-state index contributed by atoms with van der Waals surface area (Å²) in [4.78, 5) is 17.0. The van der Waals surface area contributed by atoms with Gasteiger partial charge in [-0.15, -0.1) is 0 Å². The molecule has 0 saturated heterocycles. The second-order valence-electron chi connectivity index (χ2n) is 4.27. The Hall–Kier alpha value is -2.28. The van der Waals surface area contributed by atoms with Crippen LogP contribution in [0.5, 0.6) is 0 Å². The highest BCUT2D eigenvalue weighted by atomic mass is 19.1. The van der Waals surface area contributed by atoms with E-state index in [1.165, 1.54) is 19.2 Å². The van der Waals surface area contributed by atoms with Crippen LogP contribution in [0.4, 0.5) is 4.39 Å². The van der Waals surface area contributed by atoms with Crippen molar-refractivity contribution in [3.05, 3.63) is 35.9 Å². The van der Waals surface area contributed by atoms with Crippen molar-refractivity contribution in [2.45, 2.75) is 6.54 Å². The number of hydrogen-bond donors (Lipinski definition) is 0. The van der Waals surface area contributed by atoms with Crippen LogP contribution in [0.25, 0.3) is 11.5 Å². The van der Waals surface area contributed by atoms with E-state index in [-0.39, 0.29) is 18.3 Å². The third kappa shape index (κ3) is 3.61. The lowest BCUT2D eigenvalue weighted by Crippen LogP contribution is -2.26. The number of rotatable bonds is 5. The molecule has 0 saturated carbocycles. The first-order valence-electron chi connectivity index (χ1n) is 5.92. The SMILES string of the molecule is COC(=O)CN(C)Cc1noc(-c2ccc(F)cc2)n1. The molecule has 7 heteroatoms. The lowest BCUT2D eigenvalue weighted by molar-refractivity contribution is -0.141. The summed E-state index contributed by atoms with van der Waals surface area (Å²) >= 11 is 0. The molecule has 106 valence electrons. The number of carbonyl (C=O) groups is 1. The molecule has 0 aliphatic rings. The van der Waals surface area contributed by atoms with Crippen LogP contribution in [0.3, 0.4) is 0 Å². The number of ether oxygens (including phenoxy) is 1. The van der Waals surface area contributed by atoms with E-state index in [4.69, 9.17) is 4.52 Å². The first-order valence-corrected chi connectivity index (χ1v) is 5.92. The molecule has 0 aliphatic heterocycles. The summed E-state index contributed by atoms with van der Waals surface area (Å²) in [6, 6.07) is 5.76. The van der Waals surface area contributed by atoms with Gasteiger partial charge in [0.1, 0.15) is 5.82 Å². The second-order valence-corrected chi connectivity index (χ2v) is 4.27. The Labute approximate surface area is 115 Å². The minimum absolute atomic E-state index is 0.136. The van der Waals surface area contributed by atoms with E-state index < -0.39 is 0 Å². The molecule has 0 radical (unpaired) electrons. The highest BCUT2D eigenvalue weighted by Gasteiger charge is 2.12. The van der Waals surface area contributed by atoms with Crippen molar-refractivity contribution >= 4 is 5.97 Å². The third-order valence-corrected chi connectivity index (χ3v) is 2.60. The van der Waals surface area contributed by atoms with Crippen molar-refractivity contribution in [1.29, 1.82) is 0 Å². The number of likely N-dealkylation sites (N-methyl/N-ethyl adjacent to an activating group) is 1. The van der Waals surface area contributed by atoms with Gasteiger partial charge < -0.3 is 9.26 Å². The predicted octanol–water partition coefficient (Wildman–Crippen LogP) is 1.48. The molecule has 0 atom stereocenters. The second kappa shape index (κ2) is 6.25. The van der Waals surface area contributed by atoms with Crippen LogP contribution in [-0.2, 0) is 16.1 Å². The van der Waals surface area contributed by atoms with Crippen LogP contribution in [0.2, 0.25) is 0 Å². The largest absolute Gasteiger partial charge is 0.468 e. The molecule has 1 heterocycles. The fourth-order valence-corrected chi connectivity index (χ4v) is 1.61. The van der Waals surface area contributed by atoms with Gasteiger partial charge in [0.05, 0.1) is 20.2 Å². The molecule has 20 heavy (non-hydrogen) atoms. The van der Waals surface area contributed by atoms with Gasteiger partial charge in [0.25, 0.3) is 5.89 Å². The van der Waals surface area contributed by atoms with Crippen molar-refractivity contribution in [2.24, 2.45) is 0 Å². The minimum Gasteiger partial charge on any atom is -0.468 e. The van der Waals surface area contributed by atoms with Crippen molar-refractivity contribution in [1.82, 2.24) is 15.0 Å². The average molecular weight is 279 g/mol. The molecule has 1 aromatic carbocycles. The number of esters is 1. The maximum Gasteiger partial charge on any atom is 0.319 e. The summed E-state index contributed by atoms with van der Waals surface area (Å²) in [5.41, 5.74) is 0.640. The molecule has 1 aromatic heterocycles. The number of benzene rings is 1. The van der Waals surface area contributed by atoms with Crippen LogP contribution in [0, 0.1) is 5.82 Å². The smallest absolute Gasteiger partial charge is 0.319 e. The van der Waals surface area contributed by atoms with Gasteiger partial charge in [0.15, 0.2) is 5.82 Å². The number of carbonyl (C=O) groups excluding carboxylic acids is 1. The van der Waals surface area contributed by atoms with Gasteiger partial charge in [-0.2, -0.15) is 4.98 Å². The summed E-state index contributed by atoms with van der Waals surface area (Å²) in [7, 11) is 3.07. The summed E-state index contributed by atoms with van der Waals surface area (Å²) in [5.74, 6) is 0.0863. The maximum absolute atomic E-state index is 12.8. The third-order valence-electron chi connectivity index (χ3n) is 2.60. The molecule has 0 bridgehead atoms. The Morgan fingerprint density at radius 2 is 2.10 bits per heavy atom. The van der Waals surface area contributed by atoms with Gasteiger partial charge in [-0.3, -0.25) is 9.69 Å². The van der Waals surface area contributed by atoms with Crippen LogP contribution in [0.15, 0.2) is 28.8 Å². The number of hydrogen-bond acceptors (Lipinski definition) is 6. The molecule has 2 aromatic rings. The molecule has 2 rings (SSSR count). The molecule has 0 unspecified atom stereocenters. The van der Waals surface area contributed by atoms with E-state index >= 15 is 0 Å². The quantitative estimate of drug-likeness (QED) is 0.772. The maximum atomic E-state index is 12.8. The van der Waals surface area contributed by atoms with Crippen LogP contribution >= 0.6 is 0 Å². The highest BCUT2D eigenvalue weighted by Crippen LogP contribution is 2.17. The van der Waals surface area contributed by atoms with Crippen molar-refractivity contribution in [3.8, 4) is 11.5 Å². The Morgan fingerprint density at radius 1 is 1.40 bits per heavy atom. The van der Waals surface area contributed by atoms with E-state index in [1.807, 2.05) is 0 Å². The van der Waals surface area contributed by atoms with E-state index in [1.54, 1.807) is 24.1 Å². The zero-order chi connectivity index (χ0) is 14.5. The molecular weight excluding hydrogens is 265 g/mol. The van der Waals surface area contributed by atoms with E-state index in [2.05, 4.69) is 14.9 Å². The van der Waals surface area contributed by atoms with Gasteiger partial charge in [-0.25, -0.2) is 4.39 Å². The van der Waals surface area contributed by atoms with Gasteiger partial charge in [0, 0.05) is 5.56 Å². The normalized spacial score (nSPS) is 10.8. The topological polar surface area (TPSA) is 68.5 Å². The molecular formula is C13H14FN3O3. The first kappa shape index (κ1) is 14.1. The van der Waals surface area contributed by atoms with Crippen LogP contribution < -0.4 is 0 Å². The zero-order valence-electron chi connectivity index (χ0n) is 11.2. The van der Waals surface area contributed by atoms with Gasteiger partial charge in [0.2, 0.25) is 0 Å². The molecule has 6 nitrogen and oxygen atoms in total. The van der Waals surface area contributed by atoms with Crippen LogP contribution in [-0.4, -0.2) is 41.7 Å². The Bertz CT molecular complexity index is 583. The average Bonchev–Trinajstić information content (AvgIpc) is 2.87. The summed E-state index contributed by atoms with van der Waals surface area (Å²) in [6.07, 6.45) is 0. The molecule has 0 N–H and O–H groups in total. The lowest BCUT2D eigenvalue weighted by atomic mass is 10.2. The standard InChI is InChI=1S/C13H14FN3O3/c1-17(8-12(18)19-2)7-11-15-13(20-16-11)9-3-5-10(14)6-4-9/h3-6H,7-8H2,1-2H3. The van der Waals surface area contributed by atoms with E-state index in [0.29, 0.717) is 23.8 Å². The molecule has 0 amide bonds. The van der Waals surface area contributed by atoms with Crippen molar-refractivity contribution in [2.75, 3.05) is 20.7 Å². The monoisotopic (exact) mass is 279 g/mol. The first-order chi connectivity index (χ1) is 9.58. The van der Waals surface area contributed by atoms with E-state index in [9.17, 15) is 9.18 Å². The Balaban J connectivity index is 2.02. The van der Waals surface area contributed by atoms with Gasteiger partial charge in [-0.1, -0.05) is 5.16 Å². The van der Waals surface area contributed by atoms with Crippen molar-refractivity contribution in [3.63, 3.8) is 0 Å². The number of aromatic nitrogens is 2. The molecule has 0 fully saturated rings. The van der Waals surface area contributed by atoms with Gasteiger partial charge >= 0.3 is 5.97 Å². The van der Waals surface area contributed by atoms with E-state index in [0.717, 1.165) is 0 Å². The van der Waals surface area contributed by atoms with Gasteiger partial charge in [-0.05, 0) is 31.3 Å². The number of halogens is 1. The fourth-order valence-electron chi connectivity index (χ4n) is 1.61. The number of nitrogens with zero attached hydrogens (tertiary/aromatic N) is 3. The zero-order valence-corrected chi connectivity index (χ0v) is 11.2. The van der Waals surface area contributed by atoms with Crippen LogP contribution in [0.1, 0.15) is 5.82 Å². The molecule has 0 aliphatic carbocycles. The minimum atomic E-state index is -0.338. The number of methoxy groups -OCH3 is 1. The Morgan fingerprint density at radius 3 is 2.75 bits per heavy atom. The summed E-state index contributed by atoms with van der Waals surface area (Å²) in [6.45, 7) is 0.483. The summed E-state index contributed by atoms with van der Waals surface area (Å²) in [5, 5.41) is 3.81. The molecule has 0 spiro atoms.